The molecule has 0 fully saturated rings. The number of benzene rings is 2. The van der Waals surface area contributed by atoms with Crippen molar-refractivity contribution in [3.05, 3.63) is 54.1 Å². The molecule has 3 heteroatoms. The fraction of sp³-hybridized carbons (Fsp3) is 0.188. The van der Waals surface area contributed by atoms with E-state index < -0.39 is 0 Å². The van der Waals surface area contributed by atoms with Crippen LogP contribution in [0.1, 0.15) is 5.56 Å². The molecule has 0 saturated heterocycles. The van der Waals surface area contributed by atoms with Gasteiger partial charge in [0.1, 0.15) is 5.75 Å². The number of ether oxygens (including phenoxy) is 1. The van der Waals surface area contributed by atoms with Crippen molar-refractivity contribution in [3.8, 4) is 16.9 Å². The van der Waals surface area contributed by atoms with Crippen molar-refractivity contribution in [2.75, 3.05) is 14.1 Å². The Morgan fingerprint density at radius 3 is 2.26 bits per heavy atom. The molecular weight excluding hydrogens is 238 g/mol. The van der Waals surface area contributed by atoms with Crippen molar-refractivity contribution in [2.45, 2.75) is 6.92 Å². The summed E-state index contributed by atoms with van der Waals surface area (Å²) >= 11 is 0. The van der Waals surface area contributed by atoms with Crippen LogP contribution in [0.5, 0.6) is 5.75 Å². The van der Waals surface area contributed by atoms with Gasteiger partial charge in [-0.3, -0.25) is 0 Å². The van der Waals surface area contributed by atoms with E-state index >= 15 is 0 Å². The molecule has 0 spiro atoms. The normalized spacial score (nSPS) is 10.1. The Bertz CT molecular complexity index is 574. The van der Waals surface area contributed by atoms with Gasteiger partial charge in [-0.25, -0.2) is 4.79 Å². The number of carbonyl (C=O) groups excluding carboxylic acids is 1. The molecule has 0 saturated carbocycles. The maximum Gasteiger partial charge on any atom is 0.414 e. The Labute approximate surface area is 113 Å². The van der Waals surface area contributed by atoms with Crippen molar-refractivity contribution < 1.29 is 9.53 Å². The van der Waals surface area contributed by atoms with Crippen LogP contribution in [-0.2, 0) is 0 Å². The molecule has 0 unspecified atom stereocenters. The van der Waals surface area contributed by atoms with Crippen LogP contribution in [0.2, 0.25) is 0 Å². The number of amides is 1. The van der Waals surface area contributed by atoms with Crippen molar-refractivity contribution in [1.29, 1.82) is 0 Å². The zero-order chi connectivity index (χ0) is 13.8. The van der Waals surface area contributed by atoms with Gasteiger partial charge in [-0.2, -0.15) is 0 Å². The second-order valence-corrected chi connectivity index (χ2v) is 4.66. The van der Waals surface area contributed by atoms with Gasteiger partial charge in [0.15, 0.2) is 0 Å². The van der Waals surface area contributed by atoms with Crippen LogP contribution in [0, 0.1) is 6.92 Å². The molecule has 0 N–H and O–H groups in total. The van der Waals surface area contributed by atoms with E-state index in [1.54, 1.807) is 26.2 Å². The Balaban J connectivity index is 2.17. The first-order valence-corrected chi connectivity index (χ1v) is 6.12. The number of hydrogen-bond acceptors (Lipinski definition) is 2. The number of rotatable bonds is 2. The number of hydrogen-bond donors (Lipinski definition) is 0. The predicted octanol–water partition coefficient (Wildman–Crippen LogP) is 3.72. The minimum absolute atomic E-state index is 0.372. The molecule has 3 nitrogen and oxygen atoms in total. The summed E-state index contributed by atoms with van der Waals surface area (Å²) < 4.78 is 5.18. The molecule has 19 heavy (non-hydrogen) atoms. The summed E-state index contributed by atoms with van der Waals surface area (Å²) in [6, 6.07) is 15.8. The molecule has 2 aromatic rings. The zero-order valence-corrected chi connectivity index (χ0v) is 11.4. The van der Waals surface area contributed by atoms with Crippen molar-refractivity contribution in [3.63, 3.8) is 0 Å². The number of aryl methyl sites for hydroxylation is 1. The summed E-state index contributed by atoms with van der Waals surface area (Å²) in [6.07, 6.45) is -0.372. The third-order valence-corrected chi connectivity index (χ3v) is 2.78. The third-order valence-electron chi connectivity index (χ3n) is 2.78. The molecule has 0 atom stereocenters. The topological polar surface area (TPSA) is 29.5 Å². The zero-order valence-electron chi connectivity index (χ0n) is 11.4. The Morgan fingerprint density at radius 1 is 1.00 bits per heavy atom. The number of carbonyl (C=O) groups is 1. The van der Waals surface area contributed by atoms with E-state index in [4.69, 9.17) is 4.74 Å². The van der Waals surface area contributed by atoms with Gasteiger partial charge in [0.25, 0.3) is 0 Å². The quantitative estimate of drug-likeness (QED) is 0.818. The van der Waals surface area contributed by atoms with E-state index in [0.29, 0.717) is 5.75 Å². The van der Waals surface area contributed by atoms with E-state index in [1.165, 1.54) is 10.5 Å². The van der Waals surface area contributed by atoms with Gasteiger partial charge in [-0.1, -0.05) is 42.0 Å². The molecule has 0 radical (unpaired) electrons. The second kappa shape index (κ2) is 5.57. The van der Waals surface area contributed by atoms with Crippen LogP contribution in [-0.4, -0.2) is 25.1 Å². The monoisotopic (exact) mass is 255 g/mol. The van der Waals surface area contributed by atoms with Gasteiger partial charge in [-0.05, 0) is 30.2 Å². The molecular formula is C16H17NO2. The summed E-state index contributed by atoms with van der Waals surface area (Å²) in [6.45, 7) is 2.07. The predicted molar refractivity (Wildman–Crippen MR) is 76.3 cm³/mol. The molecule has 0 aliphatic heterocycles. The standard InChI is InChI=1S/C16H17NO2/c1-12-5-4-6-14(11-12)13-7-9-15(10-8-13)19-16(18)17(2)3/h4-11H,1-3H3. The first kappa shape index (κ1) is 13.1. The van der Waals surface area contributed by atoms with E-state index in [-0.39, 0.29) is 6.09 Å². The smallest absolute Gasteiger partial charge is 0.410 e. The molecule has 1 amide bonds. The lowest BCUT2D eigenvalue weighted by molar-refractivity contribution is 0.172. The lowest BCUT2D eigenvalue weighted by atomic mass is 10.0. The summed E-state index contributed by atoms with van der Waals surface area (Å²) in [4.78, 5) is 12.8. The van der Waals surface area contributed by atoms with Crippen LogP contribution in [0.3, 0.4) is 0 Å². The average molecular weight is 255 g/mol. The fourth-order valence-corrected chi connectivity index (χ4v) is 1.73. The van der Waals surface area contributed by atoms with Gasteiger partial charge in [0, 0.05) is 14.1 Å². The van der Waals surface area contributed by atoms with Crippen LogP contribution >= 0.6 is 0 Å². The van der Waals surface area contributed by atoms with Gasteiger partial charge in [-0.15, -0.1) is 0 Å². The van der Waals surface area contributed by atoms with E-state index in [1.807, 2.05) is 18.2 Å². The maximum absolute atomic E-state index is 11.4. The highest BCUT2D eigenvalue weighted by Gasteiger charge is 2.06. The highest BCUT2D eigenvalue weighted by molar-refractivity contribution is 5.71. The van der Waals surface area contributed by atoms with Crippen LogP contribution in [0.4, 0.5) is 4.79 Å². The molecule has 0 aliphatic carbocycles. The Hall–Kier alpha value is -2.29. The molecule has 0 aliphatic rings. The Kier molecular flexibility index (Phi) is 3.85. The van der Waals surface area contributed by atoms with Crippen LogP contribution < -0.4 is 4.74 Å². The minimum Gasteiger partial charge on any atom is -0.410 e. The molecule has 2 aromatic carbocycles. The first-order chi connectivity index (χ1) is 9.06. The number of nitrogens with zero attached hydrogens (tertiary/aromatic N) is 1. The second-order valence-electron chi connectivity index (χ2n) is 4.66. The van der Waals surface area contributed by atoms with Crippen molar-refractivity contribution in [2.24, 2.45) is 0 Å². The molecule has 2 rings (SSSR count). The van der Waals surface area contributed by atoms with E-state index in [0.717, 1.165) is 11.1 Å². The maximum atomic E-state index is 11.4. The highest BCUT2D eigenvalue weighted by Crippen LogP contribution is 2.23. The fourth-order valence-electron chi connectivity index (χ4n) is 1.73. The van der Waals surface area contributed by atoms with Crippen molar-refractivity contribution in [1.82, 2.24) is 4.90 Å². The first-order valence-electron chi connectivity index (χ1n) is 6.12. The molecule has 98 valence electrons. The van der Waals surface area contributed by atoms with Gasteiger partial charge in [0.2, 0.25) is 0 Å². The van der Waals surface area contributed by atoms with Crippen LogP contribution in [0.15, 0.2) is 48.5 Å². The van der Waals surface area contributed by atoms with Gasteiger partial charge >= 0.3 is 6.09 Å². The SMILES string of the molecule is Cc1cccc(-c2ccc(OC(=O)N(C)C)cc2)c1. The summed E-state index contributed by atoms with van der Waals surface area (Å²) in [5, 5.41) is 0. The minimum atomic E-state index is -0.372. The summed E-state index contributed by atoms with van der Waals surface area (Å²) in [5.41, 5.74) is 3.49. The van der Waals surface area contributed by atoms with Crippen molar-refractivity contribution >= 4 is 6.09 Å². The molecule has 0 aromatic heterocycles. The van der Waals surface area contributed by atoms with E-state index in [9.17, 15) is 4.79 Å². The van der Waals surface area contributed by atoms with Gasteiger partial charge in [0.05, 0.1) is 0 Å². The summed E-state index contributed by atoms with van der Waals surface area (Å²) in [7, 11) is 3.31. The van der Waals surface area contributed by atoms with Crippen LogP contribution in [0.25, 0.3) is 11.1 Å². The van der Waals surface area contributed by atoms with Gasteiger partial charge < -0.3 is 9.64 Å². The average Bonchev–Trinajstić information content (AvgIpc) is 2.39. The highest BCUT2D eigenvalue weighted by atomic mass is 16.6. The lowest BCUT2D eigenvalue weighted by Crippen LogP contribution is -2.25. The molecule has 0 heterocycles. The molecule has 0 bridgehead atoms. The largest absolute Gasteiger partial charge is 0.414 e. The van der Waals surface area contributed by atoms with E-state index in [2.05, 4.69) is 25.1 Å². The summed E-state index contributed by atoms with van der Waals surface area (Å²) in [5.74, 6) is 0.551. The lowest BCUT2D eigenvalue weighted by Gasteiger charge is -2.11. The Morgan fingerprint density at radius 2 is 1.68 bits per heavy atom. The third kappa shape index (κ3) is 3.35.